The fourth-order valence-electron chi connectivity index (χ4n) is 2.70. The maximum atomic E-state index is 12.8. The Morgan fingerprint density at radius 1 is 1.23 bits per heavy atom. The molecule has 1 aromatic carbocycles. The van der Waals surface area contributed by atoms with Gasteiger partial charge in [-0.3, -0.25) is 9.69 Å². The number of halogens is 3. The molecule has 1 aliphatic rings. The van der Waals surface area contributed by atoms with Gasteiger partial charge in [0.25, 0.3) is 0 Å². The van der Waals surface area contributed by atoms with Crippen molar-refractivity contribution in [3.8, 4) is 0 Å². The summed E-state index contributed by atoms with van der Waals surface area (Å²) in [6.45, 7) is -0.195. The van der Waals surface area contributed by atoms with Crippen molar-refractivity contribution in [3.05, 3.63) is 35.9 Å². The topological polar surface area (TPSA) is 60.8 Å². The first-order valence-electron chi connectivity index (χ1n) is 7.03. The van der Waals surface area contributed by atoms with Crippen molar-refractivity contribution in [1.82, 2.24) is 4.90 Å². The number of aliphatic hydroxyl groups is 1. The second-order valence-electron chi connectivity index (χ2n) is 5.61. The molecule has 1 heterocycles. The van der Waals surface area contributed by atoms with Crippen molar-refractivity contribution in [3.63, 3.8) is 0 Å². The van der Waals surface area contributed by atoms with Gasteiger partial charge in [-0.2, -0.15) is 13.2 Å². The summed E-state index contributed by atoms with van der Waals surface area (Å²) in [7, 11) is 0. The molecule has 122 valence electrons. The van der Waals surface area contributed by atoms with Crippen molar-refractivity contribution in [2.45, 2.75) is 37.1 Å². The first kappa shape index (κ1) is 16.8. The molecule has 7 heteroatoms. The third-order valence-corrected chi connectivity index (χ3v) is 4.15. The maximum absolute atomic E-state index is 12.8. The van der Waals surface area contributed by atoms with Crippen LogP contribution < -0.4 is 0 Å². The van der Waals surface area contributed by atoms with Gasteiger partial charge in [-0.05, 0) is 24.8 Å². The monoisotopic (exact) mass is 317 g/mol. The molecule has 0 saturated carbocycles. The lowest BCUT2D eigenvalue weighted by molar-refractivity contribution is -0.273. The standard InChI is InChI=1S/C15H18F3NO3/c16-15(17,18)14(22)6-8-19(9-7-14)12(13(20)21)10-11-4-2-1-3-5-11/h1-5,12,22H,6-10H2,(H,20,21)/t12-/m0/s1. The van der Waals surface area contributed by atoms with Gasteiger partial charge in [-0.25, -0.2) is 0 Å². The summed E-state index contributed by atoms with van der Waals surface area (Å²) in [5.74, 6) is -1.07. The molecule has 22 heavy (non-hydrogen) atoms. The van der Waals surface area contributed by atoms with Crippen LogP contribution in [0.15, 0.2) is 30.3 Å². The van der Waals surface area contributed by atoms with Gasteiger partial charge in [0.1, 0.15) is 6.04 Å². The molecule has 0 unspecified atom stereocenters. The van der Waals surface area contributed by atoms with Gasteiger partial charge >= 0.3 is 12.1 Å². The van der Waals surface area contributed by atoms with Gasteiger partial charge in [-0.1, -0.05) is 30.3 Å². The molecule has 0 radical (unpaired) electrons. The van der Waals surface area contributed by atoms with E-state index in [-0.39, 0.29) is 19.5 Å². The molecule has 0 bridgehead atoms. The minimum Gasteiger partial charge on any atom is -0.480 e. The Kier molecular flexibility index (Phi) is 4.77. The van der Waals surface area contributed by atoms with Crippen LogP contribution in [0.4, 0.5) is 13.2 Å². The number of likely N-dealkylation sites (tertiary alicyclic amines) is 1. The van der Waals surface area contributed by atoms with Crippen molar-refractivity contribution in [1.29, 1.82) is 0 Å². The second-order valence-corrected chi connectivity index (χ2v) is 5.61. The lowest BCUT2D eigenvalue weighted by Gasteiger charge is -2.41. The van der Waals surface area contributed by atoms with Crippen LogP contribution in [-0.2, 0) is 11.2 Å². The number of hydrogen-bond donors (Lipinski definition) is 2. The molecule has 1 aromatic rings. The second kappa shape index (κ2) is 6.26. The molecule has 0 aromatic heterocycles. The number of carboxylic acid groups (broad SMARTS) is 1. The SMILES string of the molecule is O=C(O)[C@H](Cc1ccccc1)N1CCC(O)(C(F)(F)F)CC1. The van der Waals surface area contributed by atoms with E-state index in [2.05, 4.69) is 0 Å². The summed E-state index contributed by atoms with van der Waals surface area (Å²) < 4.78 is 38.3. The van der Waals surface area contributed by atoms with Crippen LogP contribution in [-0.4, -0.2) is 52.0 Å². The van der Waals surface area contributed by atoms with Crippen LogP contribution in [0.5, 0.6) is 0 Å². The van der Waals surface area contributed by atoms with E-state index < -0.39 is 36.6 Å². The van der Waals surface area contributed by atoms with Crippen molar-refractivity contribution in [2.75, 3.05) is 13.1 Å². The zero-order valence-electron chi connectivity index (χ0n) is 11.9. The van der Waals surface area contributed by atoms with Crippen LogP contribution in [0.1, 0.15) is 18.4 Å². The number of benzene rings is 1. The summed E-state index contributed by atoms with van der Waals surface area (Å²) in [5.41, 5.74) is -1.90. The summed E-state index contributed by atoms with van der Waals surface area (Å²) in [4.78, 5) is 12.9. The van der Waals surface area contributed by atoms with E-state index in [4.69, 9.17) is 0 Å². The van der Waals surface area contributed by atoms with Crippen LogP contribution in [0, 0.1) is 0 Å². The van der Waals surface area contributed by atoms with Crippen LogP contribution >= 0.6 is 0 Å². The van der Waals surface area contributed by atoms with E-state index >= 15 is 0 Å². The Hall–Kier alpha value is -1.60. The third kappa shape index (κ3) is 3.59. The molecule has 1 saturated heterocycles. The van der Waals surface area contributed by atoms with Crippen molar-refractivity contribution >= 4 is 5.97 Å². The van der Waals surface area contributed by atoms with Crippen LogP contribution in [0.3, 0.4) is 0 Å². The number of aliphatic carboxylic acids is 1. The number of alkyl halides is 3. The predicted octanol–water partition coefficient (Wildman–Crippen LogP) is 2.07. The molecule has 1 fully saturated rings. The maximum Gasteiger partial charge on any atom is 0.417 e. The molecule has 0 amide bonds. The molecule has 1 aliphatic heterocycles. The molecular weight excluding hydrogens is 299 g/mol. The molecule has 0 aliphatic carbocycles. The van der Waals surface area contributed by atoms with Gasteiger partial charge in [0.05, 0.1) is 0 Å². The zero-order chi connectivity index (χ0) is 16.4. The third-order valence-electron chi connectivity index (χ3n) is 4.15. The average Bonchev–Trinajstić information content (AvgIpc) is 2.46. The lowest BCUT2D eigenvalue weighted by atomic mass is 9.89. The highest BCUT2D eigenvalue weighted by Gasteiger charge is 2.55. The van der Waals surface area contributed by atoms with Crippen LogP contribution in [0.2, 0.25) is 0 Å². The van der Waals surface area contributed by atoms with E-state index in [1.165, 1.54) is 4.90 Å². The molecule has 4 nitrogen and oxygen atoms in total. The Morgan fingerprint density at radius 2 is 1.77 bits per heavy atom. The normalized spacial score (nSPS) is 20.5. The van der Waals surface area contributed by atoms with Crippen molar-refractivity contribution in [2.24, 2.45) is 0 Å². The number of hydrogen-bond acceptors (Lipinski definition) is 3. The number of rotatable bonds is 4. The Balaban J connectivity index is 2.05. The highest BCUT2D eigenvalue weighted by Crippen LogP contribution is 2.38. The van der Waals surface area contributed by atoms with E-state index in [0.717, 1.165) is 5.56 Å². The summed E-state index contributed by atoms with van der Waals surface area (Å²) >= 11 is 0. The largest absolute Gasteiger partial charge is 0.480 e. The first-order valence-corrected chi connectivity index (χ1v) is 7.03. The van der Waals surface area contributed by atoms with E-state index in [1.807, 2.05) is 6.07 Å². The molecule has 0 spiro atoms. The predicted molar refractivity (Wildman–Crippen MR) is 73.4 cm³/mol. The zero-order valence-corrected chi connectivity index (χ0v) is 11.9. The van der Waals surface area contributed by atoms with Gasteiger partial charge < -0.3 is 10.2 Å². The smallest absolute Gasteiger partial charge is 0.417 e. The summed E-state index contributed by atoms with van der Waals surface area (Å²) in [6, 6.07) is 8.06. The molecule has 2 rings (SSSR count). The average molecular weight is 317 g/mol. The number of carboxylic acids is 1. The highest BCUT2D eigenvalue weighted by atomic mass is 19.4. The first-order chi connectivity index (χ1) is 10.2. The number of carbonyl (C=O) groups is 1. The Labute approximate surface area is 126 Å². The van der Waals surface area contributed by atoms with Gasteiger partial charge in [-0.15, -0.1) is 0 Å². The minimum atomic E-state index is -4.68. The molecule has 2 N–H and O–H groups in total. The fraction of sp³-hybridized carbons (Fsp3) is 0.533. The van der Waals surface area contributed by atoms with E-state index in [0.29, 0.717) is 0 Å². The van der Waals surface area contributed by atoms with Gasteiger partial charge in [0.15, 0.2) is 5.60 Å². The quantitative estimate of drug-likeness (QED) is 0.892. The van der Waals surface area contributed by atoms with Gasteiger partial charge in [0, 0.05) is 13.1 Å². The van der Waals surface area contributed by atoms with Crippen molar-refractivity contribution < 1.29 is 28.2 Å². The summed E-state index contributed by atoms with van der Waals surface area (Å²) in [6.07, 6.45) is -5.47. The fourth-order valence-corrected chi connectivity index (χ4v) is 2.70. The summed E-state index contributed by atoms with van der Waals surface area (Å²) in [5, 5.41) is 19.0. The lowest BCUT2D eigenvalue weighted by Crippen LogP contribution is -2.56. The Bertz CT molecular complexity index is 511. The van der Waals surface area contributed by atoms with E-state index in [1.54, 1.807) is 24.3 Å². The van der Waals surface area contributed by atoms with Crippen LogP contribution in [0.25, 0.3) is 0 Å². The number of piperidine rings is 1. The highest BCUT2D eigenvalue weighted by molar-refractivity contribution is 5.74. The van der Waals surface area contributed by atoms with Gasteiger partial charge in [0.2, 0.25) is 0 Å². The Morgan fingerprint density at radius 3 is 2.23 bits per heavy atom. The number of nitrogens with zero attached hydrogens (tertiary/aromatic N) is 1. The molecular formula is C15H18F3NO3. The minimum absolute atomic E-state index is 0.0974. The van der Waals surface area contributed by atoms with E-state index in [9.17, 15) is 28.2 Å². The molecule has 1 atom stereocenters.